The second-order valence-corrected chi connectivity index (χ2v) is 7.10. The Balaban J connectivity index is 1.31. The molecule has 1 fully saturated rings. The third-order valence-electron chi connectivity index (χ3n) is 5.41. The van der Waals surface area contributed by atoms with Gasteiger partial charge in [-0.1, -0.05) is 6.08 Å². The number of aromatic nitrogens is 1. The minimum absolute atomic E-state index is 0.321. The second kappa shape index (κ2) is 8.25. The van der Waals surface area contributed by atoms with E-state index in [2.05, 4.69) is 34.3 Å². The van der Waals surface area contributed by atoms with Crippen LogP contribution in [0.4, 0.5) is 0 Å². The van der Waals surface area contributed by atoms with Crippen molar-refractivity contribution in [1.82, 2.24) is 9.88 Å². The quantitative estimate of drug-likeness (QED) is 0.772. The molecule has 0 saturated carbocycles. The Hall–Kier alpha value is -1.82. The van der Waals surface area contributed by atoms with Crippen LogP contribution in [0.3, 0.4) is 0 Å². The van der Waals surface area contributed by atoms with Crippen LogP contribution in [0.25, 0.3) is 16.5 Å². The first-order chi connectivity index (χ1) is 12.8. The molecule has 1 atom stereocenters. The van der Waals surface area contributed by atoms with E-state index in [0.717, 1.165) is 63.6 Å². The number of H-pyrrole nitrogens is 1. The molecule has 5 heteroatoms. The van der Waals surface area contributed by atoms with Crippen LogP contribution < -0.4 is 4.74 Å². The average Bonchev–Trinajstić information content (AvgIpc) is 3.35. The topological polar surface area (TPSA) is 46.7 Å². The van der Waals surface area contributed by atoms with Gasteiger partial charge >= 0.3 is 0 Å². The summed E-state index contributed by atoms with van der Waals surface area (Å²) in [5.41, 5.74) is 3.88. The molecule has 1 aromatic heterocycles. The van der Waals surface area contributed by atoms with Gasteiger partial charge in [0, 0.05) is 48.9 Å². The molecule has 3 heterocycles. The van der Waals surface area contributed by atoms with Crippen molar-refractivity contribution in [3.63, 3.8) is 0 Å². The van der Waals surface area contributed by atoms with Gasteiger partial charge in [0.05, 0.1) is 26.4 Å². The van der Waals surface area contributed by atoms with E-state index in [1.54, 1.807) is 7.11 Å². The van der Waals surface area contributed by atoms with Crippen molar-refractivity contribution < 1.29 is 14.2 Å². The van der Waals surface area contributed by atoms with Gasteiger partial charge in [-0.2, -0.15) is 0 Å². The van der Waals surface area contributed by atoms with Crippen LogP contribution in [0.2, 0.25) is 0 Å². The summed E-state index contributed by atoms with van der Waals surface area (Å²) < 4.78 is 16.8. The van der Waals surface area contributed by atoms with Gasteiger partial charge in [0.25, 0.3) is 0 Å². The van der Waals surface area contributed by atoms with Gasteiger partial charge in [0.1, 0.15) is 5.75 Å². The number of hydrogen-bond donors (Lipinski definition) is 1. The lowest BCUT2D eigenvalue weighted by Crippen LogP contribution is -2.32. The van der Waals surface area contributed by atoms with E-state index in [0.29, 0.717) is 6.10 Å². The molecule has 140 valence electrons. The molecule has 4 rings (SSSR count). The highest BCUT2D eigenvalue weighted by molar-refractivity contribution is 5.93. The molecule has 0 aliphatic carbocycles. The van der Waals surface area contributed by atoms with Crippen LogP contribution in [-0.2, 0) is 9.47 Å². The fourth-order valence-corrected chi connectivity index (χ4v) is 3.84. The molecule has 26 heavy (non-hydrogen) atoms. The van der Waals surface area contributed by atoms with Crippen molar-refractivity contribution in [2.45, 2.75) is 25.4 Å². The maximum Gasteiger partial charge on any atom is 0.119 e. The zero-order chi connectivity index (χ0) is 17.8. The van der Waals surface area contributed by atoms with Crippen molar-refractivity contribution in [1.29, 1.82) is 0 Å². The predicted molar refractivity (Wildman–Crippen MR) is 104 cm³/mol. The van der Waals surface area contributed by atoms with Gasteiger partial charge in [-0.05, 0) is 43.0 Å². The molecule has 2 aliphatic heterocycles. The lowest BCUT2D eigenvalue weighted by atomic mass is 9.99. The minimum atomic E-state index is 0.321. The molecular weight excluding hydrogens is 328 g/mol. The number of methoxy groups -OCH3 is 1. The van der Waals surface area contributed by atoms with Gasteiger partial charge in [-0.25, -0.2) is 0 Å². The smallest absolute Gasteiger partial charge is 0.119 e. The molecule has 2 aromatic rings. The maximum atomic E-state index is 5.80. The number of ether oxygens (including phenoxy) is 3. The Morgan fingerprint density at radius 2 is 2.31 bits per heavy atom. The number of rotatable bonds is 7. The summed E-state index contributed by atoms with van der Waals surface area (Å²) >= 11 is 0. The zero-order valence-corrected chi connectivity index (χ0v) is 15.5. The molecule has 2 aliphatic rings. The SMILES string of the molecule is COc1ccc2[nH]cc(C3=CCN(CCOC[C@H]4CCCO4)CC3)c2c1. The highest BCUT2D eigenvalue weighted by Crippen LogP contribution is 2.31. The molecule has 0 unspecified atom stereocenters. The number of nitrogens with zero attached hydrogens (tertiary/aromatic N) is 1. The van der Waals surface area contributed by atoms with Gasteiger partial charge in [0.2, 0.25) is 0 Å². The monoisotopic (exact) mass is 356 g/mol. The van der Waals surface area contributed by atoms with E-state index < -0.39 is 0 Å². The number of benzene rings is 1. The van der Waals surface area contributed by atoms with Crippen LogP contribution in [0.1, 0.15) is 24.8 Å². The third kappa shape index (κ3) is 3.95. The fourth-order valence-electron chi connectivity index (χ4n) is 3.84. The Bertz CT molecular complexity index is 762. The number of hydrogen-bond acceptors (Lipinski definition) is 4. The largest absolute Gasteiger partial charge is 0.497 e. The second-order valence-electron chi connectivity index (χ2n) is 7.10. The lowest BCUT2D eigenvalue weighted by Gasteiger charge is -2.26. The first-order valence-electron chi connectivity index (χ1n) is 9.60. The van der Waals surface area contributed by atoms with Gasteiger partial charge in [-0.15, -0.1) is 0 Å². The van der Waals surface area contributed by atoms with Crippen LogP contribution >= 0.6 is 0 Å². The van der Waals surface area contributed by atoms with E-state index in [1.807, 2.05) is 6.07 Å². The van der Waals surface area contributed by atoms with Crippen molar-refractivity contribution >= 4 is 16.5 Å². The third-order valence-corrected chi connectivity index (χ3v) is 5.41. The van der Waals surface area contributed by atoms with Gasteiger partial charge < -0.3 is 19.2 Å². The number of fused-ring (bicyclic) bond motifs is 1. The standard InChI is InChI=1S/C21H28N2O3/c1-24-17-4-5-21-19(13-17)20(14-22-21)16-6-8-23(9-7-16)10-12-25-15-18-3-2-11-26-18/h4-6,13-14,18,22H,2-3,7-12,15H2,1H3/t18-/m1/s1. The Morgan fingerprint density at radius 3 is 3.08 bits per heavy atom. The maximum absolute atomic E-state index is 5.80. The Kier molecular flexibility index (Phi) is 5.58. The van der Waals surface area contributed by atoms with Crippen LogP contribution in [0.15, 0.2) is 30.5 Å². The van der Waals surface area contributed by atoms with Crippen LogP contribution in [0, 0.1) is 0 Å². The molecular formula is C21H28N2O3. The van der Waals surface area contributed by atoms with E-state index in [4.69, 9.17) is 14.2 Å². The highest BCUT2D eigenvalue weighted by atomic mass is 16.5. The molecule has 5 nitrogen and oxygen atoms in total. The first-order valence-corrected chi connectivity index (χ1v) is 9.60. The highest BCUT2D eigenvalue weighted by Gasteiger charge is 2.17. The summed E-state index contributed by atoms with van der Waals surface area (Å²) in [5, 5.41) is 1.24. The summed E-state index contributed by atoms with van der Waals surface area (Å²) in [7, 11) is 1.71. The Labute approximate surface area is 154 Å². The van der Waals surface area contributed by atoms with Crippen molar-refractivity contribution in [2.24, 2.45) is 0 Å². The zero-order valence-electron chi connectivity index (χ0n) is 15.5. The van der Waals surface area contributed by atoms with E-state index in [9.17, 15) is 0 Å². The summed E-state index contributed by atoms with van der Waals surface area (Å²) in [6.45, 7) is 5.46. The van der Waals surface area contributed by atoms with E-state index >= 15 is 0 Å². The molecule has 1 aromatic carbocycles. The van der Waals surface area contributed by atoms with Crippen molar-refractivity contribution in [3.05, 3.63) is 36.0 Å². The molecule has 0 spiro atoms. The summed E-state index contributed by atoms with van der Waals surface area (Å²) in [6.07, 6.45) is 8.18. The molecule has 0 radical (unpaired) electrons. The predicted octanol–water partition coefficient (Wildman–Crippen LogP) is 3.46. The van der Waals surface area contributed by atoms with E-state index in [1.165, 1.54) is 22.9 Å². The van der Waals surface area contributed by atoms with Crippen molar-refractivity contribution in [3.8, 4) is 5.75 Å². The number of aromatic amines is 1. The minimum Gasteiger partial charge on any atom is -0.497 e. The molecule has 0 bridgehead atoms. The van der Waals surface area contributed by atoms with E-state index in [-0.39, 0.29) is 0 Å². The summed E-state index contributed by atoms with van der Waals surface area (Å²) in [5.74, 6) is 0.903. The van der Waals surface area contributed by atoms with Gasteiger partial charge in [-0.3, -0.25) is 4.90 Å². The Morgan fingerprint density at radius 1 is 1.35 bits per heavy atom. The molecule has 1 N–H and O–H groups in total. The summed E-state index contributed by atoms with van der Waals surface area (Å²) in [4.78, 5) is 5.83. The van der Waals surface area contributed by atoms with Crippen LogP contribution in [-0.4, -0.2) is 62.6 Å². The lowest BCUT2D eigenvalue weighted by molar-refractivity contribution is 0.0112. The first kappa shape index (κ1) is 17.6. The van der Waals surface area contributed by atoms with Crippen molar-refractivity contribution in [2.75, 3.05) is 46.6 Å². The normalized spacial score (nSPS) is 21.3. The average molecular weight is 356 g/mol. The summed E-state index contributed by atoms with van der Waals surface area (Å²) in [6, 6.07) is 6.20. The van der Waals surface area contributed by atoms with Crippen LogP contribution in [0.5, 0.6) is 5.75 Å². The number of nitrogens with one attached hydrogen (secondary N) is 1. The fraction of sp³-hybridized carbons (Fsp3) is 0.524. The van der Waals surface area contributed by atoms with Gasteiger partial charge in [0.15, 0.2) is 0 Å². The molecule has 0 amide bonds. The molecule has 1 saturated heterocycles.